The first-order valence-corrected chi connectivity index (χ1v) is 10.8. The van der Waals surface area contributed by atoms with E-state index >= 15 is 0 Å². The van der Waals surface area contributed by atoms with Gasteiger partial charge in [-0.15, -0.1) is 0 Å². The summed E-state index contributed by atoms with van der Waals surface area (Å²) in [5.74, 6) is 2.20. The molecule has 3 aromatic rings. The quantitative estimate of drug-likeness (QED) is 0.178. The molecule has 0 unspecified atom stereocenters. The van der Waals surface area contributed by atoms with E-state index in [1.807, 2.05) is 54.6 Å². The molecular weight excluding hydrogens is 462 g/mol. The summed E-state index contributed by atoms with van der Waals surface area (Å²) in [5, 5.41) is 7.93. The molecule has 7 nitrogen and oxygen atoms in total. The fraction of sp³-hybridized carbons (Fsp3) is 0.167. The van der Waals surface area contributed by atoms with Crippen molar-refractivity contribution in [2.75, 3.05) is 32.8 Å². The minimum absolute atomic E-state index is 0.266. The van der Waals surface area contributed by atoms with E-state index in [9.17, 15) is 0 Å². The van der Waals surface area contributed by atoms with E-state index in [0.717, 1.165) is 5.69 Å². The van der Waals surface area contributed by atoms with Gasteiger partial charge in [0, 0.05) is 5.69 Å². The monoisotopic (exact) mass is 485 g/mol. The van der Waals surface area contributed by atoms with E-state index in [1.54, 1.807) is 32.6 Å². The summed E-state index contributed by atoms with van der Waals surface area (Å²) in [6.45, 7) is 0.571. The van der Waals surface area contributed by atoms with Crippen LogP contribution in [0.1, 0.15) is 5.56 Å². The van der Waals surface area contributed by atoms with Crippen molar-refractivity contribution in [3.8, 4) is 23.0 Å². The van der Waals surface area contributed by atoms with Crippen LogP contribution in [0, 0.1) is 0 Å². The molecule has 0 aliphatic carbocycles. The van der Waals surface area contributed by atoms with Crippen LogP contribution in [0.15, 0.2) is 71.8 Å². The number of hydrogen-bond donors (Lipinski definition) is 2. The molecule has 2 N–H and O–H groups in total. The second-order valence-corrected chi connectivity index (χ2v) is 7.39. The SMILES string of the molecule is COc1ccccc1OCCOc1c(Cl)cc(/C=N\NC(=S)Nc2ccccc2)cc1OC. The topological polar surface area (TPSA) is 73.3 Å². The molecule has 0 aliphatic rings. The smallest absolute Gasteiger partial charge is 0.191 e. The number of nitrogens with zero attached hydrogens (tertiary/aromatic N) is 1. The van der Waals surface area contributed by atoms with Crippen LogP contribution in [0.5, 0.6) is 23.0 Å². The van der Waals surface area contributed by atoms with Gasteiger partial charge in [0.15, 0.2) is 28.1 Å². The normalized spacial score (nSPS) is 10.5. The Morgan fingerprint density at radius 2 is 1.58 bits per heavy atom. The van der Waals surface area contributed by atoms with Crippen LogP contribution in [0.3, 0.4) is 0 Å². The summed E-state index contributed by atoms with van der Waals surface area (Å²) in [6.07, 6.45) is 1.59. The van der Waals surface area contributed by atoms with Gasteiger partial charge in [0.1, 0.15) is 13.2 Å². The zero-order valence-corrected chi connectivity index (χ0v) is 19.8. The molecule has 0 bridgehead atoms. The van der Waals surface area contributed by atoms with Crippen LogP contribution in [-0.2, 0) is 0 Å². The summed E-state index contributed by atoms with van der Waals surface area (Å²) < 4.78 is 22.2. The number of hydrazone groups is 1. The fourth-order valence-corrected chi connectivity index (χ4v) is 3.28. The van der Waals surface area contributed by atoms with Gasteiger partial charge in [-0.05, 0) is 54.2 Å². The predicted molar refractivity (Wildman–Crippen MR) is 135 cm³/mol. The number of thiocarbonyl (C=S) groups is 1. The highest BCUT2D eigenvalue weighted by atomic mass is 35.5. The average molecular weight is 486 g/mol. The number of ether oxygens (including phenoxy) is 4. The molecule has 3 rings (SSSR count). The molecule has 0 saturated carbocycles. The summed E-state index contributed by atoms with van der Waals surface area (Å²) in [7, 11) is 3.14. The lowest BCUT2D eigenvalue weighted by Crippen LogP contribution is -2.23. The molecule has 0 radical (unpaired) electrons. The molecule has 172 valence electrons. The number of anilines is 1. The summed E-state index contributed by atoms with van der Waals surface area (Å²) in [6, 6.07) is 20.5. The highest BCUT2D eigenvalue weighted by Crippen LogP contribution is 2.36. The first kappa shape index (κ1) is 24.2. The lowest BCUT2D eigenvalue weighted by molar-refractivity contribution is 0.206. The van der Waals surface area contributed by atoms with Gasteiger partial charge in [-0.2, -0.15) is 5.10 Å². The van der Waals surface area contributed by atoms with Crippen molar-refractivity contribution in [3.05, 3.63) is 77.3 Å². The van der Waals surface area contributed by atoms with Gasteiger partial charge in [0.05, 0.1) is 25.5 Å². The summed E-state index contributed by atoms with van der Waals surface area (Å²) in [4.78, 5) is 0. The number of hydrogen-bond acceptors (Lipinski definition) is 6. The third kappa shape index (κ3) is 7.27. The fourth-order valence-electron chi connectivity index (χ4n) is 2.83. The van der Waals surface area contributed by atoms with Gasteiger partial charge < -0.3 is 24.3 Å². The largest absolute Gasteiger partial charge is 0.493 e. The van der Waals surface area contributed by atoms with E-state index < -0.39 is 0 Å². The Morgan fingerprint density at radius 3 is 2.30 bits per heavy atom. The van der Waals surface area contributed by atoms with Gasteiger partial charge in [-0.3, -0.25) is 5.43 Å². The van der Waals surface area contributed by atoms with Crippen LogP contribution in [0.4, 0.5) is 5.69 Å². The maximum absolute atomic E-state index is 6.42. The average Bonchev–Trinajstić information content (AvgIpc) is 2.83. The van der Waals surface area contributed by atoms with Crippen molar-refractivity contribution < 1.29 is 18.9 Å². The first-order chi connectivity index (χ1) is 16.1. The van der Waals surface area contributed by atoms with Crippen molar-refractivity contribution in [2.24, 2.45) is 5.10 Å². The first-order valence-electron chi connectivity index (χ1n) is 10.0. The van der Waals surface area contributed by atoms with Crippen LogP contribution in [0.25, 0.3) is 0 Å². The number of benzene rings is 3. The zero-order chi connectivity index (χ0) is 23.5. The summed E-state index contributed by atoms with van der Waals surface area (Å²) >= 11 is 11.7. The minimum atomic E-state index is 0.266. The highest BCUT2D eigenvalue weighted by molar-refractivity contribution is 7.80. The molecule has 3 aromatic carbocycles. The van der Waals surface area contributed by atoms with Crippen molar-refractivity contribution in [1.82, 2.24) is 5.43 Å². The van der Waals surface area contributed by atoms with Gasteiger partial charge in [0.2, 0.25) is 0 Å². The molecule has 0 fully saturated rings. The van der Waals surface area contributed by atoms with Crippen LogP contribution < -0.4 is 29.7 Å². The Balaban J connectivity index is 1.55. The summed E-state index contributed by atoms with van der Waals surface area (Å²) in [5.41, 5.74) is 4.35. The molecule has 0 atom stereocenters. The Bertz CT molecular complexity index is 1100. The van der Waals surface area contributed by atoms with Gasteiger partial charge in [-0.25, -0.2) is 0 Å². The van der Waals surface area contributed by atoms with Gasteiger partial charge in [-0.1, -0.05) is 41.9 Å². The molecule has 0 spiro atoms. The van der Waals surface area contributed by atoms with Gasteiger partial charge in [0.25, 0.3) is 0 Å². The second kappa shape index (κ2) is 12.5. The molecule has 0 aromatic heterocycles. The van der Waals surface area contributed by atoms with Crippen molar-refractivity contribution in [1.29, 1.82) is 0 Å². The molecule has 0 heterocycles. The third-order valence-electron chi connectivity index (χ3n) is 4.32. The molecule has 33 heavy (non-hydrogen) atoms. The highest BCUT2D eigenvalue weighted by Gasteiger charge is 2.12. The van der Waals surface area contributed by atoms with Crippen molar-refractivity contribution >= 4 is 40.8 Å². The second-order valence-electron chi connectivity index (χ2n) is 6.57. The Hall–Kier alpha value is -3.49. The lowest BCUT2D eigenvalue weighted by atomic mass is 10.2. The zero-order valence-electron chi connectivity index (χ0n) is 18.2. The number of nitrogens with one attached hydrogen (secondary N) is 2. The van der Waals surface area contributed by atoms with Crippen LogP contribution in [0.2, 0.25) is 5.02 Å². The van der Waals surface area contributed by atoms with E-state index in [-0.39, 0.29) is 6.61 Å². The van der Waals surface area contributed by atoms with Crippen LogP contribution >= 0.6 is 23.8 Å². The minimum Gasteiger partial charge on any atom is -0.493 e. The Morgan fingerprint density at radius 1 is 0.909 bits per heavy atom. The number of halogens is 1. The van der Waals surface area contributed by atoms with Crippen molar-refractivity contribution in [3.63, 3.8) is 0 Å². The number of methoxy groups -OCH3 is 2. The number of para-hydroxylation sites is 3. The van der Waals surface area contributed by atoms with Crippen molar-refractivity contribution in [2.45, 2.75) is 0 Å². The van der Waals surface area contributed by atoms with E-state index in [4.69, 9.17) is 42.8 Å². The molecule has 0 amide bonds. The molecule has 9 heteroatoms. The lowest BCUT2D eigenvalue weighted by Gasteiger charge is -2.14. The Kier molecular flexibility index (Phi) is 9.17. The van der Waals surface area contributed by atoms with E-state index in [0.29, 0.717) is 45.3 Å². The molecule has 0 saturated heterocycles. The predicted octanol–water partition coefficient (Wildman–Crippen LogP) is 5.14. The molecular formula is C24H24ClN3O4S. The maximum atomic E-state index is 6.42. The van der Waals surface area contributed by atoms with E-state index in [2.05, 4.69) is 15.8 Å². The molecule has 0 aliphatic heterocycles. The third-order valence-corrected chi connectivity index (χ3v) is 4.79. The Labute approximate surface area is 203 Å². The number of rotatable bonds is 10. The maximum Gasteiger partial charge on any atom is 0.191 e. The van der Waals surface area contributed by atoms with Gasteiger partial charge >= 0.3 is 0 Å². The van der Waals surface area contributed by atoms with E-state index in [1.165, 1.54) is 0 Å². The standard InChI is InChI=1S/C24H24ClN3O4S/c1-29-20-10-6-7-11-21(20)31-12-13-32-23-19(25)14-17(15-22(23)30-2)16-26-28-24(33)27-18-8-4-3-5-9-18/h3-11,14-16H,12-13H2,1-2H3,(H2,27,28,33)/b26-16-. The van der Waals surface area contributed by atoms with Crippen LogP contribution in [-0.4, -0.2) is 38.8 Å².